The van der Waals surface area contributed by atoms with Gasteiger partial charge in [-0.05, 0) is 41.9 Å². The molecule has 2 nitrogen and oxygen atoms in total. The van der Waals surface area contributed by atoms with Crippen molar-refractivity contribution < 1.29 is 13.2 Å². The minimum absolute atomic E-state index is 0.179. The average molecular weight is 311 g/mol. The van der Waals surface area contributed by atoms with Crippen LogP contribution >= 0.6 is 15.9 Å². The number of hydrogen-bond donors (Lipinski definition) is 0. The van der Waals surface area contributed by atoms with Gasteiger partial charge in [0.2, 0.25) is 0 Å². The molecule has 0 unspecified atom stereocenters. The third-order valence-corrected chi connectivity index (χ3v) is 2.74. The lowest BCUT2D eigenvalue weighted by Gasteiger charge is -2.27. The largest absolute Gasteiger partial charge is 0.401 e. The van der Waals surface area contributed by atoms with E-state index >= 15 is 0 Å². The van der Waals surface area contributed by atoms with Crippen molar-refractivity contribution in [2.45, 2.75) is 32.6 Å². The summed E-state index contributed by atoms with van der Waals surface area (Å²) in [5.41, 5.74) is 0.631. The molecule has 0 fully saturated rings. The summed E-state index contributed by atoms with van der Waals surface area (Å²) in [5, 5.41) is 0. The van der Waals surface area contributed by atoms with Crippen LogP contribution in [-0.2, 0) is 6.54 Å². The molecule has 0 aromatic carbocycles. The molecular formula is C11H14BrF3N2. The van der Waals surface area contributed by atoms with Crippen LogP contribution in [0.3, 0.4) is 0 Å². The van der Waals surface area contributed by atoms with Gasteiger partial charge in [0, 0.05) is 23.3 Å². The molecule has 0 saturated carbocycles. The monoisotopic (exact) mass is 310 g/mol. The second-order valence-corrected chi connectivity index (χ2v) is 5.00. The van der Waals surface area contributed by atoms with Gasteiger partial charge in [-0.3, -0.25) is 9.88 Å². The van der Waals surface area contributed by atoms with Crippen LogP contribution in [0, 0.1) is 0 Å². The third-order valence-electron chi connectivity index (χ3n) is 2.27. The van der Waals surface area contributed by atoms with Gasteiger partial charge in [-0.25, -0.2) is 0 Å². The Balaban J connectivity index is 2.70. The molecule has 0 radical (unpaired) electrons. The molecule has 1 heterocycles. The predicted molar refractivity (Wildman–Crippen MR) is 63.5 cm³/mol. The number of alkyl halides is 3. The Hall–Kier alpha value is -0.620. The molecule has 17 heavy (non-hydrogen) atoms. The van der Waals surface area contributed by atoms with Crippen molar-refractivity contribution in [1.82, 2.24) is 9.88 Å². The zero-order chi connectivity index (χ0) is 13.1. The highest BCUT2D eigenvalue weighted by atomic mass is 79.9. The van der Waals surface area contributed by atoms with E-state index in [0.717, 1.165) is 4.47 Å². The molecule has 1 aromatic rings. The molecule has 0 aliphatic rings. The number of hydrogen-bond acceptors (Lipinski definition) is 2. The lowest BCUT2D eigenvalue weighted by Crippen LogP contribution is -2.38. The average Bonchev–Trinajstić information content (AvgIpc) is 2.18. The lowest BCUT2D eigenvalue weighted by molar-refractivity contribution is -0.151. The van der Waals surface area contributed by atoms with Crippen molar-refractivity contribution >= 4 is 15.9 Å². The van der Waals surface area contributed by atoms with Gasteiger partial charge in [0.05, 0.1) is 12.2 Å². The molecule has 0 aliphatic heterocycles. The fraction of sp³-hybridized carbons (Fsp3) is 0.545. The van der Waals surface area contributed by atoms with Crippen molar-refractivity contribution in [1.29, 1.82) is 0 Å². The molecule has 0 aliphatic carbocycles. The lowest BCUT2D eigenvalue weighted by atomic mass is 10.2. The molecule has 0 atom stereocenters. The summed E-state index contributed by atoms with van der Waals surface area (Å²) in [6.07, 6.45) is -2.60. The Kier molecular flexibility index (Phi) is 4.94. The van der Waals surface area contributed by atoms with Gasteiger partial charge >= 0.3 is 6.18 Å². The number of rotatable bonds is 4. The fourth-order valence-corrected chi connectivity index (χ4v) is 1.59. The van der Waals surface area contributed by atoms with Gasteiger partial charge < -0.3 is 0 Å². The van der Waals surface area contributed by atoms with E-state index in [4.69, 9.17) is 0 Å². The molecule has 0 saturated heterocycles. The topological polar surface area (TPSA) is 16.1 Å². The van der Waals surface area contributed by atoms with E-state index in [2.05, 4.69) is 20.9 Å². The molecular weight excluding hydrogens is 297 g/mol. The first kappa shape index (κ1) is 14.4. The minimum Gasteiger partial charge on any atom is -0.287 e. The Labute approximate surface area is 107 Å². The van der Waals surface area contributed by atoms with Crippen LogP contribution in [-0.4, -0.2) is 28.6 Å². The maximum atomic E-state index is 12.4. The van der Waals surface area contributed by atoms with Gasteiger partial charge in [0.1, 0.15) is 0 Å². The van der Waals surface area contributed by atoms with Crippen molar-refractivity contribution in [2.75, 3.05) is 6.54 Å². The third kappa shape index (κ3) is 5.50. The van der Waals surface area contributed by atoms with Crippen LogP contribution in [0.2, 0.25) is 0 Å². The first-order valence-electron chi connectivity index (χ1n) is 5.19. The van der Waals surface area contributed by atoms with Crippen molar-refractivity contribution in [2.24, 2.45) is 0 Å². The Morgan fingerprint density at radius 2 is 2.00 bits per heavy atom. The van der Waals surface area contributed by atoms with Crippen LogP contribution < -0.4 is 0 Å². The number of halogens is 4. The molecule has 1 aromatic heterocycles. The maximum absolute atomic E-state index is 12.4. The van der Waals surface area contributed by atoms with Crippen molar-refractivity contribution in [3.8, 4) is 0 Å². The molecule has 96 valence electrons. The summed E-state index contributed by atoms with van der Waals surface area (Å²) in [4.78, 5) is 5.42. The first-order chi connectivity index (χ1) is 7.78. The standard InChI is InChI=1S/C11H14BrF3N2/c1-8(2)17(7-11(13,14)15)6-10-4-3-9(12)5-16-10/h3-5,8H,6-7H2,1-2H3. The van der Waals surface area contributed by atoms with Gasteiger partial charge in [0.15, 0.2) is 0 Å². The molecule has 6 heteroatoms. The SMILES string of the molecule is CC(C)N(Cc1ccc(Br)cn1)CC(F)(F)F. The summed E-state index contributed by atoms with van der Waals surface area (Å²) in [5.74, 6) is 0. The smallest absolute Gasteiger partial charge is 0.287 e. The summed E-state index contributed by atoms with van der Waals surface area (Å²) < 4.78 is 37.9. The molecule has 1 rings (SSSR count). The van der Waals surface area contributed by atoms with Gasteiger partial charge in [-0.15, -0.1) is 0 Å². The Morgan fingerprint density at radius 3 is 2.41 bits per heavy atom. The number of aromatic nitrogens is 1. The van der Waals surface area contributed by atoms with Gasteiger partial charge in [-0.2, -0.15) is 13.2 Å². The number of pyridine rings is 1. The van der Waals surface area contributed by atoms with E-state index in [-0.39, 0.29) is 12.6 Å². The summed E-state index contributed by atoms with van der Waals surface area (Å²) >= 11 is 3.23. The summed E-state index contributed by atoms with van der Waals surface area (Å²) in [6.45, 7) is 2.77. The molecule has 0 N–H and O–H groups in total. The quantitative estimate of drug-likeness (QED) is 0.844. The normalized spacial score (nSPS) is 12.5. The second kappa shape index (κ2) is 5.82. The molecule has 0 amide bonds. The summed E-state index contributed by atoms with van der Waals surface area (Å²) in [7, 11) is 0. The van der Waals surface area contributed by atoms with Crippen molar-refractivity contribution in [3.63, 3.8) is 0 Å². The van der Waals surface area contributed by atoms with Crippen LogP contribution in [0.15, 0.2) is 22.8 Å². The van der Waals surface area contributed by atoms with Crippen molar-refractivity contribution in [3.05, 3.63) is 28.5 Å². The number of nitrogens with zero attached hydrogens (tertiary/aromatic N) is 2. The zero-order valence-electron chi connectivity index (χ0n) is 9.63. The van der Waals surface area contributed by atoms with Crippen LogP contribution in [0.25, 0.3) is 0 Å². The van der Waals surface area contributed by atoms with Crippen LogP contribution in [0.1, 0.15) is 19.5 Å². The van der Waals surface area contributed by atoms with E-state index in [9.17, 15) is 13.2 Å². The van der Waals surface area contributed by atoms with E-state index in [0.29, 0.717) is 5.69 Å². The van der Waals surface area contributed by atoms with Gasteiger partial charge in [-0.1, -0.05) is 0 Å². The Morgan fingerprint density at radius 1 is 1.35 bits per heavy atom. The maximum Gasteiger partial charge on any atom is 0.401 e. The van der Waals surface area contributed by atoms with E-state index in [1.165, 1.54) is 4.90 Å². The van der Waals surface area contributed by atoms with Crippen LogP contribution in [0.5, 0.6) is 0 Å². The highest BCUT2D eigenvalue weighted by Crippen LogP contribution is 2.19. The zero-order valence-corrected chi connectivity index (χ0v) is 11.2. The molecule has 0 bridgehead atoms. The fourth-order valence-electron chi connectivity index (χ4n) is 1.36. The Bertz CT molecular complexity index is 349. The van der Waals surface area contributed by atoms with Crippen LogP contribution in [0.4, 0.5) is 13.2 Å². The molecule has 0 spiro atoms. The second-order valence-electron chi connectivity index (χ2n) is 4.08. The first-order valence-corrected chi connectivity index (χ1v) is 5.98. The van der Waals surface area contributed by atoms with E-state index in [1.807, 2.05) is 0 Å². The van der Waals surface area contributed by atoms with E-state index in [1.54, 1.807) is 32.2 Å². The summed E-state index contributed by atoms with van der Waals surface area (Å²) in [6, 6.07) is 3.31. The predicted octanol–water partition coefficient (Wildman–Crippen LogP) is 3.62. The highest BCUT2D eigenvalue weighted by Gasteiger charge is 2.31. The highest BCUT2D eigenvalue weighted by molar-refractivity contribution is 9.10. The minimum atomic E-state index is -4.18. The van der Waals surface area contributed by atoms with E-state index < -0.39 is 12.7 Å². The van der Waals surface area contributed by atoms with Gasteiger partial charge in [0.25, 0.3) is 0 Å².